The van der Waals surface area contributed by atoms with Crippen LogP contribution in [0.1, 0.15) is 45.1 Å². The predicted octanol–water partition coefficient (Wildman–Crippen LogP) is -0.400. The van der Waals surface area contributed by atoms with Crippen LogP contribution >= 0.6 is 0 Å². The van der Waals surface area contributed by atoms with Crippen LogP contribution in [0.15, 0.2) is 24.3 Å². The van der Waals surface area contributed by atoms with Gasteiger partial charge in [-0.1, -0.05) is 18.2 Å². The van der Waals surface area contributed by atoms with Crippen molar-refractivity contribution in [2.24, 2.45) is 0 Å². The molecule has 140 valence electrons. The van der Waals surface area contributed by atoms with E-state index in [1.807, 2.05) is 31.2 Å². The molecule has 1 heterocycles. The van der Waals surface area contributed by atoms with Crippen LogP contribution in [0.4, 0.5) is 5.69 Å². The first kappa shape index (κ1) is 22.0. The van der Waals surface area contributed by atoms with E-state index in [0.717, 1.165) is 23.4 Å². The van der Waals surface area contributed by atoms with E-state index in [0.29, 0.717) is 19.4 Å². The third-order valence-corrected chi connectivity index (χ3v) is 5.65. The van der Waals surface area contributed by atoms with Gasteiger partial charge in [0.25, 0.3) is 10.1 Å². The molecule has 0 saturated heterocycles. The molecule has 0 bridgehead atoms. The molecule has 1 aliphatic rings. The summed E-state index contributed by atoms with van der Waals surface area (Å²) in [5, 5.41) is 8.88. The maximum absolute atomic E-state index is 10.9. The lowest BCUT2D eigenvalue weighted by Crippen LogP contribution is -3.00. The Labute approximate surface area is 165 Å². The molecular formula is C17H24INO5S. The summed E-state index contributed by atoms with van der Waals surface area (Å²) in [5.74, 6) is -1.07. The number of hydrogen-bond acceptors (Lipinski definition) is 3. The molecule has 2 rings (SSSR count). The second-order valence-corrected chi connectivity index (χ2v) is 8.05. The number of carboxylic acid groups (broad SMARTS) is 1. The van der Waals surface area contributed by atoms with Gasteiger partial charge < -0.3 is 29.1 Å². The van der Waals surface area contributed by atoms with Crippen molar-refractivity contribution in [2.75, 3.05) is 12.3 Å². The molecule has 0 spiro atoms. The molecule has 1 aromatic rings. The Balaban J connectivity index is 0.00000312. The number of benzene rings is 1. The highest BCUT2D eigenvalue weighted by atomic mass is 127. The molecule has 0 saturated carbocycles. The van der Waals surface area contributed by atoms with Gasteiger partial charge in [-0.05, 0) is 19.8 Å². The van der Waals surface area contributed by atoms with E-state index in [9.17, 15) is 13.2 Å². The van der Waals surface area contributed by atoms with E-state index in [2.05, 4.69) is 11.5 Å². The molecule has 0 amide bonds. The Morgan fingerprint density at radius 3 is 2.48 bits per heavy atom. The van der Waals surface area contributed by atoms with Crippen LogP contribution < -0.4 is 24.0 Å². The minimum atomic E-state index is -3.96. The molecule has 1 unspecified atom stereocenters. The number of hydrogen-bond donors (Lipinski definition) is 2. The summed E-state index contributed by atoms with van der Waals surface area (Å²) >= 11 is 0. The van der Waals surface area contributed by atoms with Gasteiger partial charge in [0.15, 0.2) is 5.71 Å². The maximum Gasteiger partial charge on any atom is 0.303 e. The highest BCUT2D eigenvalue weighted by Gasteiger charge is 2.45. The number of aliphatic carboxylic acids is 1. The summed E-state index contributed by atoms with van der Waals surface area (Å²) in [6.45, 7) is 4.61. The first-order valence-electron chi connectivity index (χ1n) is 8.03. The van der Waals surface area contributed by atoms with Crippen molar-refractivity contribution in [3.05, 3.63) is 29.8 Å². The van der Waals surface area contributed by atoms with Crippen molar-refractivity contribution in [3.63, 3.8) is 0 Å². The standard InChI is InChI=1S/C17H23NO5S.HI/c1-13-17(2,10-5-9-16(19)20)14-7-3-4-8-15(14)18(13)11-6-12-24(21,22)23;/h3-4,7-8H,5-6,9-12H2,1-2H3,(H-,19,20,21,22,23);1H. The fraction of sp³-hybridized carbons (Fsp3) is 0.529. The van der Waals surface area contributed by atoms with E-state index in [1.54, 1.807) is 0 Å². The topological polar surface area (TPSA) is 94.7 Å². The first-order valence-corrected chi connectivity index (χ1v) is 9.64. The van der Waals surface area contributed by atoms with Gasteiger partial charge >= 0.3 is 5.97 Å². The zero-order valence-electron chi connectivity index (χ0n) is 14.4. The van der Waals surface area contributed by atoms with Gasteiger partial charge in [0.1, 0.15) is 6.54 Å². The molecule has 8 heteroatoms. The van der Waals surface area contributed by atoms with E-state index in [4.69, 9.17) is 9.66 Å². The number of carbonyl (C=O) groups is 1. The van der Waals surface area contributed by atoms with Gasteiger partial charge in [0.2, 0.25) is 5.69 Å². The number of fused-ring (bicyclic) bond motifs is 1. The van der Waals surface area contributed by atoms with Crippen molar-refractivity contribution < 1.29 is 51.4 Å². The number of para-hydroxylation sites is 1. The quantitative estimate of drug-likeness (QED) is 0.300. The minimum absolute atomic E-state index is 0. The van der Waals surface area contributed by atoms with E-state index < -0.39 is 16.1 Å². The highest BCUT2D eigenvalue weighted by molar-refractivity contribution is 7.85. The molecule has 0 aliphatic carbocycles. The van der Waals surface area contributed by atoms with Crippen LogP contribution in [0.5, 0.6) is 0 Å². The van der Waals surface area contributed by atoms with Crippen molar-refractivity contribution in [1.29, 1.82) is 0 Å². The van der Waals surface area contributed by atoms with Crippen LogP contribution in [-0.4, -0.2) is 46.6 Å². The summed E-state index contributed by atoms with van der Waals surface area (Å²) in [5.41, 5.74) is 3.00. The normalized spacial score (nSPS) is 19.5. The van der Waals surface area contributed by atoms with Gasteiger partial charge in [-0.15, -0.1) is 0 Å². The maximum atomic E-state index is 10.9. The van der Waals surface area contributed by atoms with Crippen LogP contribution in [-0.2, 0) is 20.3 Å². The Bertz CT molecular complexity index is 775. The fourth-order valence-electron chi connectivity index (χ4n) is 3.45. The molecule has 0 fully saturated rings. The summed E-state index contributed by atoms with van der Waals surface area (Å²) < 4.78 is 32.9. The number of rotatable bonds is 8. The van der Waals surface area contributed by atoms with Crippen LogP contribution in [0.2, 0.25) is 0 Å². The van der Waals surface area contributed by atoms with E-state index in [-0.39, 0.29) is 41.6 Å². The Morgan fingerprint density at radius 2 is 1.88 bits per heavy atom. The molecule has 1 aliphatic heterocycles. The summed E-state index contributed by atoms with van der Waals surface area (Å²) in [4.78, 5) is 10.8. The second kappa shape index (κ2) is 8.59. The zero-order chi connectivity index (χ0) is 18.0. The largest absolute Gasteiger partial charge is 1.00 e. The van der Waals surface area contributed by atoms with Gasteiger partial charge in [-0.3, -0.25) is 9.35 Å². The van der Waals surface area contributed by atoms with Crippen LogP contribution in [0.25, 0.3) is 0 Å². The average molecular weight is 481 g/mol. The van der Waals surface area contributed by atoms with Crippen LogP contribution in [0, 0.1) is 0 Å². The Hall–Kier alpha value is -1.00. The van der Waals surface area contributed by atoms with Crippen LogP contribution in [0.3, 0.4) is 0 Å². The van der Waals surface area contributed by atoms with Crippen molar-refractivity contribution in [2.45, 2.75) is 44.9 Å². The molecule has 2 N–H and O–H groups in total. The third-order valence-electron chi connectivity index (χ3n) is 4.84. The molecular weight excluding hydrogens is 457 g/mol. The van der Waals surface area contributed by atoms with Gasteiger partial charge in [0, 0.05) is 31.4 Å². The van der Waals surface area contributed by atoms with Gasteiger partial charge in [-0.2, -0.15) is 13.0 Å². The lowest BCUT2D eigenvalue weighted by atomic mass is 9.76. The van der Waals surface area contributed by atoms with E-state index in [1.165, 1.54) is 0 Å². The smallest absolute Gasteiger partial charge is 0.303 e. The molecule has 0 radical (unpaired) electrons. The molecule has 6 nitrogen and oxygen atoms in total. The Morgan fingerprint density at radius 1 is 1.24 bits per heavy atom. The number of halogens is 1. The Kier molecular flexibility index (Phi) is 7.57. The minimum Gasteiger partial charge on any atom is -1.00 e. The average Bonchev–Trinajstić information content (AvgIpc) is 2.68. The second-order valence-electron chi connectivity index (χ2n) is 6.47. The van der Waals surface area contributed by atoms with E-state index >= 15 is 0 Å². The molecule has 1 atom stereocenters. The van der Waals surface area contributed by atoms with Crippen molar-refractivity contribution in [1.82, 2.24) is 0 Å². The zero-order valence-corrected chi connectivity index (χ0v) is 17.4. The fourth-order valence-corrected chi connectivity index (χ4v) is 3.94. The molecule has 25 heavy (non-hydrogen) atoms. The SMILES string of the molecule is CC1=[N+](CCCS(=O)(=O)O)c2ccccc2C1(C)CCCC(=O)O.[I-]. The summed E-state index contributed by atoms with van der Waals surface area (Å²) in [6, 6.07) is 7.94. The monoisotopic (exact) mass is 481 g/mol. The number of carboxylic acids is 1. The van der Waals surface area contributed by atoms with Gasteiger partial charge in [-0.25, -0.2) is 0 Å². The number of nitrogens with zero attached hydrogens (tertiary/aromatic N) is 1. The summed E-state index contributed by atoms with van der Waals surface area (Å²) in [6.07, 6.45) is 1.76. The van der Waals surface area contributed by atoms with Gasteiger partial charge in [0.05, 0.1) is 11.2 Å². The highest BCUT2D eigenvalue weighted by Crippen LogP contribution is 2.42. The predicted molar refractivity (Wildman–Crippen MR) is 91.8 cm³/mol. The molecule has 1 aromatic carbocycles. The third kappa shape index (κ3) is 5.24. The lowest BCUT2D eigenvalue weighted by molar-refractivity contribution is -0.438. The lowest BCUT2D eigenvalue weighted by Gasteiger charge is -2.21. The molecule has 0 aromatic heterocycles. The van der Waals surface area contributed by atoms with Crippen molar-refractivity contribution in [3.8, 4) is 0 Å². The first-order chi connectivity index (χ1) is 11.1. The van der Waals surface area contributed by atoms with Crippen molar-refractivity contribution >= 4 is 27.5 Å². The summed E-state index contributed by atoms with van der Waals surface area (Å²) in [7, 11) is -3.96.